The number of aromatic nitrogens is 2. The van der Waals surface area contributed by atoms with E-state index < -0.39 is 0 Å². The van der Waals surface area contributed by atoms with E-state index in [1.807, 2.05) is 0 Å². The number of aliphatic hydroxyl groups is 1. The minimum atomic E-state index is -0.108. The van der Waals surface area contributed by atoms with Crippen LogP contribution in [0.3, 0.4) is 0 Å². The van der Waals surface area contributed by atoms with E-state index in [0.717, 1.165) is 12.8 Å². The summed E-state index contributed by atoms with van der Waals surface area (Å²) in [6.45, 7) is 7.70. The number of hydrogen-bond acceptors (Lipinski definition) is 4. The third kappa shape index (κ3) is 4.90. The van der Waals surface area contributed by atoms with E-state index in [9.17, 15) is 4.79 Å². The van der Waals surface area contributed by atoms with Crippen molar-refractivity contribution in [1.29, 1.82) is 0 Å². The second-order valence-electron chi connectivity index (χ2n) is 5.75. The predicted molar refractivity (Wildman–Crippen MR) is 85.1 cm³/mol. The monoisotopic (exact) mass is 345 g/mol. The molecule has 0 atom stereocenters. The summed E-state index contributed by atoms with van der Waals surface area (Å²) in [5, 5.41) is 16.4. The van der Waals surface area contributed by atoms with Gasteiger partial charge in [0.2, 0.25) is 0 Å². The van der Waals surface area contributed by atoms with E-state index in [1.165, 1.54) is 4.68 Å². The highest BCUT2D eigenvalue weighted by Gasteiger charge is 2.18. The van der Waals surface area contributed by atoms with E-state index in [-0.39, 0.29) is 17.6 Å². The standard InChI is InChI=1S/C14H24BrN3O2/c1-4-5-7-18-13(20)12(15)11(9-17-18)16-10-14(2,3)6-8-19/h9,16,19H,4-8,10H2,1-3H3. The average molecular weight is 346 g/mol. The van der Waals surface area contributed by atoms with Crippen molar-refractivity contribution in [2.45, 2.75) is 46.6 Å². The van der Waals surface area contributed by atoms with Crippen molar-refractivity contribution in [3.8, 4) is 0 Å². The van der Waals surface area contributed by atoms with Crippen LogP contribution in [-0.4, -0.2) is 28.0 Å². The van der Waals surface area contributed by atoms with E-state index in [0.29, 0.717) is 29.7 Å². The summed E-state index contributed by atoms with van der Waals surface area (Å²) in [5.74, 6) is 0. The molecular formula is C14H24BrN3O2. The van der Waals surface area contributed by atoms with Gasteiger partial charge in [-0.15, -0.1) is 0 Å². The number of rotatable bonds is 8. The number of unbranched alkanes of at least 4 members (excludes halogenated alkanes) is 1. The smallest absolute Gasteiger partial charge is 0.283 e. The molecule has 20 heavy (non-hydrogen) atoms. The largest absolute Gasteiger partial charge is 0.396 e. The zero-order valence-corrected chi connectivity index (χ0v) is 14.0. The van der Waals surface area contributed by atoms with Gasteiger partial charge < -0.3 is 10.4 Å². The van der Waals surface area contributed by atoms with Crippen LogP contribution in [0.2, 0.25) is 0 Å². The first kappa shape index (κ1) is 17.2. The van der Waals surface area contributed by atoms with Crippen molar-refractivity contribution >= 4 is 21.6 Å². The molecule has 5 nitrogen and oxygen atoms in total. The summed E-state index contributed by atoms with van der Waals surface area (Å²) in [4.78, 5) is 12.1. The Morgan fingerprint density at radius 3 is 2.80 bits per heavy atom. The Kier molecular flexibility index (Phi) is 6.68. The lowest BCUT2D eigenvalue weighted by Crippen LogP contribution is -2.28. The number of hydrogen-bond donors (Lipinski definition) is 2. The lowest BCUT2D eigenvalue weighted by atomic mass is 9.90. The summed E-state index contributed by atoms with van der Waals surface area (Å²) < 4.78 is 2.00. The third-order valence-corrected chi connectivity index (χ3v) is 4.02. The zero-order valence-electron chi connectivity index (χ0n) is 12.4. The lowest BCUT2D eigenvalue weighted by molar-refractivity contribution is 0.220. The van der Waals surface area contributed by atoms with Gasteiger partial charge in [-0.05, 0) is 34.2 Å². The van der Waals surface area contributed by atoms with E-state index in [4.69, 9.17) is 5.11 Å². The molecule has 0 aromatic carbocycles. The van der Waals surface area contributed by atoms with Gasteiger partial charge in [-0.1, -0.05) is 27.2 Å². The molecule has 6 heteroatoms. The van der Waals surface area contributed by atoms with Crippen LogP contribution >= 0.6 is 15.9 Å². The molecule has 0 amide bonds. The van der Waals surface area contributed by atoms with E-state index >= 15 is 0 Å². The first-order valence-electron chi connectivity index (χ1n) is 7.01. The maximum atomic E-state index is 12.1. The van der Waals surface area contributed by atoms with Crippen molar-refractivity contribution in [1.82, 2.24) is 9.78 Å². The molecule has 0 unspecified atom stereocenters. The number of aryl methyl sites for hydroxylation is 1. The Morgan fingerprint density at radius 2 is 2.20 bits per heavy atom. The molecule has 0 aliphatic heterocycles. The summed E-state index contributed by atoms with van der Waals surface area (Å²) in [7, 11) is 0. The molecule has 114 valence electrons. The molecule has 0 saturated heterocycles. The number of nitrogens with zero attached hydrogens (tertiary/aromatic N) is 2. The molecule has 0 spiro atoms. The van der Waals surface area contributed by atoms with Crippen LogP contribution in [0.25, 0.3) is 0 Å². The highest BCUT2D eigenvalue weighted by molar-refractivity contribution is 9.10. The quantitative estimate of drug-likeness (QED) is 0.759. The number of aliphatic hydroxyl groups excluding tert-OH is 1. The Bertz CT molecular complexity index is 486. The summed E-state index contributed by atoms with van der Waals surface area (Å²) in [6.07, 6.45) is 4.35. The first-order chi connectivity index (χ1) is 9.41. The minimum Gasteiger partial charge on any atom is -0.396 e. The molecular weight excluding hydrogens is 322 g/mol. The fourth-order valence-electron chi connectivity index (χ4n) is 1.78. The molecule has 2 N–H and O–H groups in total. The molecule has 1 rings (SSSR count). The summed E-state index contributed by atoms with van der Waals surface area (Å²) in [6, 6.07) is 0. The summed E-state index contributed by atoms with van der Waals surface area (Å²) >= 11 is 3.34. The molecule has 1 aromatic heterocycles. The van der Waals surface area contributed by atoms with Crippen LogP contribution in [0.4, 0.5) is 5.69 Å². The van der Waals surface area contributed by atoms with Crippen molar-refractivity contribution in [3.63, 3.8) is 0 Å². The molecule has 0 aliphatic rings. The van der Waals surface area contributed by atoms with Crippen LogP contribution in [-0.2, 0) is 6.54 Å². The SMILES string of the molecule is CCCCn1ncc(NCC(C)(C)CCO)c(Br)c1=O. The van der Waals surface area contributed by atoms with Crippen LogP contribution in [0.5, 0.6) is 0 Å². The summed E-state index contributed by atoms with van der Waals surface area (Å²) in [5.41, 5.74) is 0.558. The predicted octanol–water partition coefficient (Wildman–Crippen LogP) is 2.63. The molecule has 1 heterocycles. The number of anilines is 1. The van der Waals surface area contributed by atoms with Crippen molar-refractivity contribution < 1.29 is 5.11 Å². The molecule has 0 bridgehead atoms. The van der Waals surface area contributed by atoms with Crippen LogP contribution in [0.1, 0.15) is 40.0 Å². The van der Waals surface area contributed by atoms with Gasteiger partial charge >= 0.3 is 0 Å². The molecule has 1 aromatic rings. The van der Waals surface area contributed by atoms with Crippen molar-refractivity contribution in [3.05, 3.63) is 21.0 Å². The van der Waals surface area contributed by atoms with Gasteiger partial charge in [-0.3, -0.25) is 4.79 Å². The maximum absolute atomic E-state index is 12.1. The Labute approximate surface area is 128 Å². The normalized spacial score (nSPS) is 11.7. The van der Waals surface area contributed by atoms with Gasteiger partial charge in [-0.2, -0.15) is 5.10 Å². The number of nitrogens with one attached hydrogen (secondary N) is 1. The van der Waals surface area contributed by atoms with Crippen LogP contribution in [0, 0.1) is 5.41 Å². The Balaban J connectivity index is 2.78. The van der Waals surface area contributed by atoms with Crippen molar-refractivity contribution in [2.24, 2.45) is 5.41 Å². The van der Waals surface area contributed by atoms with Crippen LogP contribution in [0.15, 0.2) is 15.5 Å². The van der Waals surface area contributed by atoms with Gasteiger partial charge in [0.1, 0.15) is 4.47 Å². The number of halogens is 1. The Hall–Kier alpha value is -0.880. The van der Waals surface area contributed by atoms with Gasteiger partial charge in [0.15, 0.2) is 0 Å². The van der Waals surface area contributed by atoms with Gasteiger partial charge in [0, 0.05) is 19.7 Å². The lowest BCUT2D eigenvalue weighted by Gasteiger charge is -2.24. The minimum absolute atomic E-state index is 0.0364. The topological polar surface area (TPSA) is 67.2 Å². The fourth-order valence-corrected chi connectivity index (χ4v) is 2.23. The third-order valence-electron chi connectivity index (χ3n) is 3.25. The second-order valence-corrected chi connectivity index (χ2v) is 6.54. The first-order valence-corrected chi connectivity index (χ1v) is 7.81. The Morgan fingerprint density at radius 1 is 1.50 bits per heavy atom. The van der Waals surface area contributed by atoms with Gasteiger partial charge in [0.25, 0.3) is 5.56 Å². The highest BCUT2D eigenvalue weighted by Crippen LogP contribution is 2.23. The van der Waals surface area contributed by atoms with Crippen molar-refractivity contribution in [2.75, 3.05) is 18.5 Å². The van der Waals surface area contributed by atoms with E-state index in [1.54, 1.807) is 6.20 Å². The van der Waals surface area contributed by atoms with E-state index in [2.05, 4.69) is 47.1 Å². The van der Waals surface area contributed by atoms with Gasteiger partial charge in [-0.25, -0.2) is 4.68 Å². The second kappa shape index (κ2) is 7.78. The molecule has 0 radical (unpaired) electrons. The molecule has 0 fully saturated rings. The maximum Gasteiger partial charge on any atom is 0.283 e. The average Bonchev–Trinajstić information content (AvgIpc) is 2.39. The zero-order chi connectivity index (χ0) is 15.2. The van der Waals surface area contributed by atoms with Crippen LogP contribution < -0.4 is 10.9 Å². The highest BCUT2D eigenvalue weighted by atomic mass is 79.9. The molecule has 0 saturated carbocycles. The molecule has 0 aliphatic carbocycles. The fraction of sp³-hybridized carbons (Fsp3) is 0.714. The van der Waals surface area contributed by atoms with Gasteiger partial charge in [0.05, 0.1) is 11.9 Å².